The molecule has 1 saturated heterocycles. The number of aromatic nitrogens is 1. The van der Waals surface area contributed by atoms with Crippen molar-refractivity contribution in [3.63, 3.8) is 0 Å². The highest BCUT2D eigenvalue weighted by Crippen LogP contribution is 2.35. The van der Waals surface area contributed by atoms with Crippen LogP contribution in [0.4, 0.5) is 0 Å². The van der Waals surface area contributed by atoms with Crippen molar-refractivity contribution in [2.75, 3.05) is 26.2 Å². The van der Waals surface area contributed by atoms with Gasteiger partial charge in [-0.3, -0.25) is 9.98 Å². The molecule has 0 aromatic carbocycles. The molecule has 24 heavy (non-hydrogen) atoms. The number of nitrogens with one attached hydrogen (secondary N) is 1. The lowest BCUT2D eigenvalue weighted by molar-refractivity contribution is 0.299. The number of likely N-dealkylation sites (tertiary alicyclic amines) is 1. The van der Waals surface area contributed by atoms with Crippen LogP contribution in [0.1, 0.15) is 43.7 Å². The molecule has 1 aromatic rings. The van der Waals surface area contributed by atoms with E-state index in [9.17, 15) is 0 Å². The van der Waals surface area contributed by atoms with Crippen molar-refractivity contribution in [2.24, 2.45) is 16.8 Å². The first-order chi connectivity index (χ1) is 11.3. The van der Waals surface area contributed by atoms with Gasteiger partial charge in [0.1, 0.15) is 0 Å². The van der Waals surface area contributed by atoms with Crippen molar-refractivity contribution in [3.05, 3.63) is 29.6 Å². The SMILES string of the molecule is CCNC(=NCCc1ccncc1C)N1CC2CCCCC2C1.I. The number of hydrogen-bond acceptors (Lipinski definition) is 2. The molecule has 0 radical (unpaired) electrons. The normalized spacial score (nSPS) is 23.6. The van der Waals surface area contributed by atoms with Gasteiger partial charge in [-0.1, -0.05) is 12.8 Å². The van der Waals surface area contributed by atoms with Gasteiger partial charge in [-0.2, -0.15) is 0 Å². The highest BCUT2D eigenvalue weighted by Gasteiger charge is 2.35. The summed E-state index contributed by atoms with van der Waals surface area (Å²) in [5.74, 6) is 2.92. The number of aryl methyl sites for hydroxylation is 1. The van der Waals surface area contributed by atoms with E-state index in [0.717, 1.165) is 37.3 Å². The number of aliphatic imine (C=N–C) groups is 1. The zero-order valence-corrected chi connectivity index (χ0v) is 17.3. The van der Waals surface area contributed by atoms with Crippen LogP contribution in [0.25, 0.3) is 0 Å². The van der Waals surface area contributed by atoms with Gasteiger partial charge in [-0.15, -0.1) is 24.0 Å². The lowest BCUT2D eigenvalue weighted by atomic mass is 9.82. The summed E-state index contributed by atoms with van der Waals surface area (Å²) in [6, 6.07) is 2.11. The van der Waals surface area contributed by atoms with Gasteiger partial charge in [0, 0.05) is 38.6 Å². The fraction of sp³-hybridized carbons (Fsp3) is 0.684. The largest absolute Gasteiger partial charge is 0.357 e. The number of pyridine rings is 1. The van der Waals surface area contributed by atoms with Crippen LogP contribution in [-0.2, 0) is 6.42 Å². The number of fused-ring (bicyclic) bond motifs is 1. The van der Waals surface area contributed by atoms with E-state index in [2.05, 4.69) is 35.1 Å². The number of guanidine groups is 1. The molecular formula is C19H31IN4. The zero-order chi connectivity index (χ0) is 16.1. The minimum atomic E-state index is 0. The van der Waals surface area contributed by atoms with E-state index in [1.807, 2.05) is 12.4 Å². The molecule has 0 amide bonds. The van der Waals surface area contributed by atoms with Crippen molar-refractivity contribution >= 4 is 29.9 Å². The van der Waals surface area contributed by atoms with Crippen LogP contribution in [-0.4, -0.2) is 42.0 Å². The molecule has 1 saturated carbocycles. The molecular weight excluding hydrogens is 411 g/mol. The minimum absolute atomic E-state index is 0. The molecule has 2 fully saturated rings. The summed E-state index contributed by atoms with van der Waals surface area (Å²) < 4.78 is 0. The van der Waals surface area contributed by atoms with Crippen LogP contribution in [0.2, 0.25) is 0 Å². The molecule has 4 nitrogen and oxygen atoms in total. The second kappa shape index (κ2) is 9.59. The first-order valence-corrected chi connectivity index (χ1v) is 9.20. The molecule has 2 atom stereocenters. The molecule has 0 bridgehead atoms. The van der Waals surface area contributed by atoms with Gasteiger partial charge in [0.15, 0.2) is 5.96 Å². The van der Waals surface area contributed by atoms with Crippen LogP contribution >= 0.6 is 24.0 Å². The lowest BCUT2D eigenvalue weighted by Crippen LogP contribution is -2.40. The Hall–Kier alpha value is -0.850. The minimum Gasteiger partial charge on any atom is -0.357 e. The smallest absolute Gasteiger partial charge is 0.193 e. The van der Waals surface area contributed by atoms with Gasteiger partial charge < -0.3 is 10.2 Å². The fourth-order valence-electron chi connectivity index (χ4n) is 4.07. The molecule has 1 N–H and O–H groups in total. The van der Waals surface area contributed by atoms with E-state index in [0.29, 0.717) is 0 Å². The van der Waals surface area contributed by atoms with Gasteiger partial charge in [0.05, 0.1) is 0 Å². The predicted molar refractivity (Wildman–Crippen MR) is 111 cm³/mol. The van der Waals surface area contributed by atoms with Gasteiger partial charge in [0.2, 0.25) is 0 Å². The summed E-state index contributed by atoms with van der Waals surface area (Å²) in [6.45, 7) is 8.47. The Morgan fingerprint density at radius 3 is 2.62 bits per heavy atom. The Labute approximate surface area is 163 Å². The first kappa shape index (κ1) is 19.5. The highest BCUT2D eigenvalue weighted by atomic mass is 127. The third-order valence-corrected chi connectivity index (χ3v) is 5.39. The Bertz CT molecular complexity index is 532. The van der Waals surface area contributed by atoms with Crippen molar-refractivity contribution in [2.45, 2.75) is 46.0 Å². The highest BCUT2D eigenvalue weighted by molar-refractivity contribution is 14.0. The molecule has 134 valence electrons. The molecule has 2 unspecified atom stereocenters. The maximum Gasteiger partial charge on any atom is 0.193 e. The zero-order valence-electron chi connectivity index (χ0n) is 15.0. The Morgan fingerprint density at radius 1 is 1.29 bits per heavy atom. The standard InChI is InChI=1S/C19H30N4.HI/c1-3-21-19(22-11-9-16-8-10-20-12-15(16)2)23-13-17-6-4-5-7-18(17)14-23;/h8,10,12,17-18H,3-7,9,11,13-14H2,1-2H3,(H,21,22);1H. The van der Waals surface area contributed by atoms with E-state index >= 15 is 0 Å². The maximum absolute atomic E-state index is 4.90. The number of hydrogen-bond donors (Lipinski definition) is 1. The average Bonchev–Trinajstić information content (AvgIpc) is 2.99. The number of halogens is 1. The monoisotopic (exact) mass is 442 g/mol. The summed E-state index contributed by atoms with van der Waals surface area (Å²) >= 11 is 0. The van der Waals surface area contributed by atoms with E-state index < -0.39 is 0 Å². The molecule has 3 rings (SSSR count). The summed E-state index contributed by atoms with van der Waals surface area (Å²) in [6.07, 6.45) is 10.5. The molecule has 1 aliphatic carbocycles. The Morgan fingerprint density at radius 2 is 2.00 bits per heavy atom. The van der Waals surface area contributed by atoms with Crippen LogP contribution in [0.5, 0.6) is 0 Å². The average molecular weight is 442 g/mol. The molecule has 1 aromatic heterocycles. The van der Waals surface area contributed by atoms with Crippen LogP contribution in [0.3, 0.4) is 0 Å². The van der Waals surface area contributed by atoms with Crippen molar-refractivity contribution in [1.82, 2.24) is 15.2 Å². The molecule has 2 aliphatic rings. The fourth-order valence-corrected chi connectivity index (χ4v) is 4.07. The first-order valence-electron chi connectivity index (χ1n) is 9.20. The van der Waals surface area contributed by atoms with Gasteiger partial charge >= 0.3 is 0 Å². The Balaban J connectivity index is 0.00000208. The van der Waals surface area contributed by atoms with E-state index in [1.165, 1.54) is 49.9 Å². The van der Waals surface area contributed by atoms with Gasteiger partial charge in [0.25, 0.3) is 0 Å². The Kier molecular flexibility index (Phi) is 7.78. The van der Waals surface area contributed by atoms with Crippen molar-refractivity contribution < 1.29 is 0 Å². The lowest BCUT2D eigenvalue weighted by Gasteiger charge is -2.22. The summed E-state index contributed by atoms with van der Waals surface area (Å²) in [4.78, 5) is 11.6. The number of nitrogens with zero attached hydrogens (tertiary/aromatic N) is 3. The molecule has 5 heteroatoms. The quantitative estimate of drug-likeness (QED) is 0.440. The van der Waals surface area contributed by atoms with Crippen LogP contribution < -0.4 is 5.32 Å². The number of rotatable bonds is 4. The second-order valence-electron chi connectivity index (χ2n) is 7.00. The van der Waals surface area contributed by atoms with Crippen LogP contribution in [0.15, 0.2) is 23.5 Å². The van der Waals surface area contributed by atoms with E-state index in [4.69, 9.17) is 4.99 Å². The van der Waals surface area contributed by atoms with Crippen molar-refractivity contribution in [1.29, 1.82) is 0 Å². The summed E-state index contributed by atoms with van der Waals surface area (Å²) in [5, 5.41) is 3.50. The molecule has 0 spiro atoms. The molecule has 2 heterocycles. The molecule has 1 aliphatic heterocycles. The second-order valence-corrected chi connectivity index (χ2v) is 7.00. The maximum atomic E-state index is 4.90. The van der Waals surface area contributed by atoms with Crippen LogP contribution in [0, 0.1) is 18.8 Å². The van der Waals surface area contributed by atoms with E-state index in [-0.39, 0.29) is 24.0 Å². The van der Waals surface area contributed by atoms with Crippen molar-refractivity contribution in [3.8, 4) is 0 Å². The topological polar surface area (TPSA) is 40.5 Å². The summed E-state index contributed by atoms with van der Waals surface area (Å²) in [5.41, 5.74) is 2.62. The van der Waals surface area contributed by atoms with Gasteiger partial charge in [-0.25, -0.2) is 0 Å². The predicted octanol–water partition coefficient (Wildman–Crippen LogP) is 3.64. The third-order valence-electron chi connectivity index (χ3n) is 5.39. The van der Waals surface area contributed by atoms with E-state index in [1.54, 1.807) is 0 Å². The summed E-state index contributed by atoms with van der Waals surface area (Å²) in [7, 11) is 0. The van der Waals surface area contributed by atoms with Gasteiger partial charge in [-0.05, 0) is 62.1 Å². The third kappa shape index (κ3) is 4.83.